The minimum atomic E-state index is 0.133. The van der Waals surface area contributed by atoms with Gasteiger partial charge in [0.25, 0.3) is 0 Å². The second-order valence-electron chi connectivity index (χ2n) is 5.17. The molecule has 0 radical (unpaired) electrons. The van der Waals surface area contributed by atoms with Crippen LogP contribution in [-0.4, -0.2) is 5.91 Å². The molecule has 80 valence electrons. The lowest BCUT2D eigenvalue weighted by atomic mass is 9.85. The topological polar surface area (TPSA) is 29.1 Å². The zero-order chi connectivity index (χ0) is 11.1. The van der Waals surface area contributed by atoms with E-state index in [0.717, 1.165) is 12.1 Å². The van der Waals surface area contributed by atoms with E-state index in [-0.39, 0.29) is 11.3 Å². The molecular weight excluding hydrogens is 186 g/mol. The Morgan fingerprint density at radius 1 is 1.20 bits per heavy atom. The van der Waals surface area contributed by atoms with Gasteiger partial charge in [-0.25, -0.2) is 0 Å². The molecule has 1 heterocycles. The maximum Gasteiger partial charge on any atom is 0.224 e. The maximum absolute atomic E-state index is 11.3. The second-order valence-corrected chi connectivity index (χ2v) is 5.17. The van der Waals surface area contributed by atoms with E-state index in [1.165, 1.54) is 11.1 Å². The van der Waals surface area contributed by atoms with Gasteiger partial charge in [-0.05, 0) is 29.0 Å². The standard InChI is InChI=1S/C13H17NO/c1-13(2,3)10-6-4-9-5-7-12(15)14-11(9)8-10/h4,6,8H,5,7H2,1-3H3,(H,14,15). The van der Waals surface area contributed by atoms with E-state index in [0.29, 0.717) is 6.42 Å². The highest BCUT2D eigenvalue weighted by molar-refractivity contribution is 5.94. The number of nitrogens with one attached hydrogen (secondary N) is 1. The lowest BCUT2D eigenvalue weighted by molar-refractivity contribution is -0.116. The van der Waals surface area contributed by atoms with Gasteiger partial charge < -0.3 is 5.32 Å². The largest absolute Gasteiger partial charge is 0.326 e. The average Bonchev–Trinajstić information content (AvgIpc) is 2.15. The Morgan fingerprint density at radius 3 is 2.60 bits per heavy atom. The number of rotatable bonds is 0. The summed E-state index contributed by atoms with van der Waals surface area (Å²) < 4.78 is 0. The normalized spacial score (nSPS) is 15.8. The third-order valence-corrected chi connectivity index (χ3v) is 2.87. The van der Waals surface area contributed by atoms with Crippen LogP contribution in [0.5, 0.6) is 0 Å². The van der Waals surface area contributed by atoms with Crippen LogP contribution in [0.25, 0.3) is 0 Å². The molecule has 0 fully saturated rings. The number of hydrogen-bond acceptors (Lipinski definition) is 1. The lowest BCUT2D eigenvalue weighted by Gasteiger charge is -2.23. The van der Waals surface area contributed by atoms with E-state index in [4.69, 9.17) is 0 Å². The summed E-state index contributed by atoms with van der Waals surface area (Å²) in [6, 6.07) is 6.40. The first kappa shape index (κ1) is 10.2. The number of anilines is 1. The summed E-state index contributed by atoms with van der Waals surface area (Å²) in [5.74, 6) is 0.133. The number of benzene rings is 1. The molecule has 2 nitrogen and oxygen atoms in total. The molecule has 1 amide bonds. The van der Waals surface area contributed by atoms with Crippen molar-refractivity contribution in [2.45, 2.75) is 39.0 Å². The van der Waals surface area contributed by atoms with Gasteiger partial charge in [0.05, 0.1) is 0 Å². The second kappa shape index (κ2) is 3.37. The van der Waals surface area contributed by atoms with Crippen molar-refractivity contribution in [2.75, 3.05) is 5.32 Å². The highest BCUT2D eigenvalue weighted by Crippen LogP contribution is 2.29. The summed E-state index contributed by atoms with van der Waals surface area (Å²) in [7, 11) is 0. The van der Waals surface area contributed by atoms with Crippen molar-refractivity contribution in [3.8, 4) is 0 Å². The summed E-state index contributed by atoms with van der Waals surface area (Å²) in [6.45, 7) is 6.54. The van der Waals surface area contributed by atoms with Crippen molar-refractivity contribution in [1.29, 1.82) is 0 Å². The van der Waals surface area contributed by atoms with Gasteiger partial charge in [0.2, 0.25) is 5.91 Å². The summed E-state index contributed by atoms with van der Waals surface area (Å²) in [4.78, 5) is 11.3. The number of carbonyl (C=O) groups excluding carboxylic acids is 1. The molecule has 2 rings (SSSR count). The van der Waals surface area contributed by atoms with Gasteiger partial charge in [0.1, 0.15) is 0 Å². The van der Waals surface area contributed by atoms with E-state index in [9.17, 15) is 4.79 Å². The van der Waals surface area contributed by atoms with Gasteiger partial charge in [0.15, 0.2) is 0 Å². The Hall–Kier alpha value is -1.31. The van der Waals surface area contributed by atoms with Gasteiger partial charge in [-0.3, -0.25) is 4.79 Å². The fraction of sp³-hybridized carbons (Fsp3) is 0.462. The summed E-state index contributed by atoms with van der Waals surface area (Å²) >= 11 is 0. The van der Waals surface area contributed by atoms with Crippen molar-refractivity contribution in [3.63, 3.8) is 0 Å². The van der Waals surface area contributed by atoms with Crippen LogP contribution in [0.3, 0.4) is 0 Å². The minimum Gasteiger partial charge on any atom is -0.326 e. The molecule has 0 saturated heterocycles. The molecule has 2 heteroatoms. The number of carbonyl (C=O) groups is 1. The fourth-order valence-corrected chi connectivity index (χ4v) is 1.84. The first-order valence-corrected chi connectivity index (χ1v) is 5.40. The van der Waals surface area contributed by atoms with Crippen LogP contribution >= 0.6 is 0 Å². The summed E-state index contributed by atoms with van der Waals surface area (Å²) in [5, 5.41) is 2.93. The molecule has 0 aromatic heterocycles. The zero-order valence-corrected chi connectivity index (χ0v) is 9.55. The van der Waals surface area contributed by atoms with Crippen molar-refractivity contribution in [1.82, 2.24) is 0 Å². The van der Waals surface area contributed by atoms with Crippen LogP contribution in [0.4, 0.5) is 5.69 Å². The van der Waals surface area contributed by atoms with Gasteiger partial charge in [-0.15, -0.1) is 0 Å². The van der Waals surface area contributed by atoms with Crippen molar-refractivity contribution in [2.24, 2.45) is 0 Å². The molecule has 0 bridgehead atoms. The van der Waals surface area contributed by atoms with Crippen molar-refractivity contribution < 1.29 is 4.79 Å². The van der Waals surface area contributed by atoms with Crippen LogP contribution in [0.15, 0.2) is 18.2 Å². The molecule has 0 spiro atoms. The molecule has 1 aromatic carbocycles. The molecule has 15 heavy (non-hydrogen) atoms. The van der Waals surface area contributed by atoms with Crippen molar-refractivity contribution in [3.05, 3.63) is 29.3 Å². The molecule has 1 aliphatic heterocycles. The van der Waals surface area contributed by atoms with Crippen LogP contribution in [0.2, 0.25) is 0 Å². The average molecular weight is 203 g/mol. The Labute approximate surface area is 90.7 Å². The molecular formula is C13H17NO. The Kier molecular flexibility index (Phi) is 2.29. The fourth-order valence-electron chi connectivity index (χ4n) is 1.84. The SMILES string of the molecule is CC(C)(C)c1ccc2c(c1)NC(=O)CC2. The first-order valence-electron chi connectivity index (χ1n) is 5.40. The number of amides is 1. The predicted octanol–water partition coefficient (Wildman–Crippen LogP) is 2.87. The van der Waals surface area contributed by atoms with Crippen LogP contribution < -0.4 is 5.32 Å². The highest BCUT2D eigenvalue weighted by Gasteiger charge is 2.19. The van der Waals surface area contributed by atoms with Crippen LogP contribution in [0, 0.1) is 0 Å². The molecule has 0 atom stereocenters. The maximum atomic E-state index is 11.3. The number of hydrogen-bond donors (Lipinski definition) is 1. The van der Waals surface area contributed by atoms with Crippen LogP contribution in [0.1, 0.15) is 38.3 Å². The quantitative estimate of drug-likeness (QED) is 0.690. The van der Waals surface area contributed by atoms with E-state index in [2.05, 4.69) is 44.3 Å². The third kappa shape index (κ3) is 2.04. The van der Waals surface area contributed by atoms with Gasteiger partial charge in [0, 0.05) is 12.1 Å². The van der Waals surface area contributed by atoms with E-state index < -0.39 is 0 Å². The monoisotopic (exact) mass is 203 g/mol. The smallest absolute Gasteiger partial charge is 0.224 e. The Balaban J connectivity index is 2.41. The van der Waals surface area contributed by atoms with Gasteiger partial charge in [-0.1, -0.05) is 32.9 Å². The zero-order valence-electron chi connectivity index (χ0n) is 9.55. The lowest BCUT2D eigenvalue weighted by Crippen LogP contribution is -2.20. The minimum absolute atomic E-state index is 0.133. The van der Waals surface area contributed by atoms with E-state index >= 15 is 0 Å². The van der Waals surface area contributed by atoms with E-state index in [1.807, 2.05) is 0 Å². The summed E-state index contributed by atoms with van der Waals surface area (Å²) in [5.41, 5.74) is 3.65. The molecule has 0 unspecified atom stereocenters. The molecule has 1 aliphatic rings. The number of fused-ring (bicyclic) bond motifs is 1. The molecule has 1 N–H and O–H groups in total. The Morgan fingerprint density at radius 2 is 1.93 bits per heavy atom. The number of aryl methyl sites for hydroxylation is 1. The predicted molar refractivity (Wildman–Crippen MR) is 62.1 cm³/mol. The molecule has 1 aromatic rings. The highest BCUT2D eigenvalue weighted by atomic mass is 16.1. The summed E-state index contributed by atoms with van der Waals surface area (Å²) in [6.07, 6.45) is 1.48. The van der Waals surface area contributed by atoms with Crippen LogP contribution in [-0.2, 0) is 16.6 Å². The third-order valence-electron chi connectivity index (χ3n) is 2.87. The van der Waals surface area contributed by atoms with Gasteiger partial charge >= 0.3 is 0 Å². The Bertz CT molecular complexity index is 401. The van der Waals surface area contributed by atoms with E-state index in [1.54, 1.807) is 0 Å². The van der Waals surface area contributed by atoms with Gasteiger partial charge in [-0.2, -0.15) is 0 Å². The van der Waals surface area contributed by atoms with Crippen molar-refractivity contribution >= 4 is 11.6 Å². The molecule has 0 aliphatic carbocycles. The first-order chi connectivity index (χ1) is 6.97. The molecule has 0 saturated carbocycles.